The number of carbonyl (C=O) groups excluding carboxylic acids is 2. The Hall–Kier alpha value is -2.88. The number of alkyl halides is 1. The van der Waals surface area contributed by atoms with Crippen LogP contribution in [-0.4, -0.2) is 95.5 Å². The van der Waals surface area contributed by atoms with Crippen LogP contribution < -0.4 is 5.32 Å². The van der Waals surface area contributed by atoms with Gasteiger partial charge >= 0.3 is 19.5 Å². The number of aromatic nitrogens is 2. The van der Waals surface area contributed by atoms with Gasteiger partial charge in [0.25, 0.3) is 0 Å². The van der Waals surface area contributed by atoms with E-state index in [1.165, 1.54) is 10.8 Å². The van der Waals surface area contributed by atoms with E-state index in [9.17, 15) is 42.4 Å². The number of nitrogens with one attached hydrogen (secondary N) is 1. The molecular formula is C30H41ClFN4O12PS. The molecule has 6 atom stereocenters. The van der Waals surface area contributed by atoms with Crippen molar-refractivity contribution in [2.45, 2.75) is 90.1 Å². The summed E-state index contributed by atoms with van der Waals surface area (Å²) in [4.78, 5) is 28.4. The third-order valence-corrected chi connectivity index (χ3v) is 13.6. The molecule has 278 valence electrons. The summed E-state index contributed by atoms with van der Waals surface area (Å²) in [5.74, 6) is -3.39. The first-order valence-corrected chi connectivity index (χ1v) is 19.9. The van der Waals surface area contributed by atoms with Gasteiger partial charge in [0.05, 0.1) is 23.3 Å². The number of hydrogen-bond acceptors (Lipinski definition) is 15. The molecule has 1 saturated heterocycles. The van der Waals surface area contributed by atoms with Crippen LogP contribution in [-0.2, 0) is 47.2 Å². The molecule has 0 amide bonds. The second-order valence-electron chi connectivity index (χ2n) is 12.4. The van der Waals surface area contributed by atoms with Gasteiger partial charge in [-0.3, -0.25) is 23.2 Å². The first-order valence-electron chi connectivity index (χ1n) is 16.0. The standard InChI is InChI=1S/C30H41ClFN4O12PS/c1-5-16(3)29(39)44-13-46-49(41,47-14-45-30(40)17(4)6-2)15-50(42,43)12-22-24(37)25(38)28(48-22)36-8-7-20-23(34-19-9-18(32)10-19)21(11-33)26(31)35-27(20)36/h7-8,16-19,22,24-25,28,37-38H,5-6,9-10,12-15H2,1-4H3,(H,34,35)/t16-,17-,18?,19?,22+,24+,25+,28+/m0/s1. The number of hydrogen-bond donors (Lipinski definition) is 3. The summed E-state index contributed by atoms with van der Waals surface area (Å²) in [5, 5.41) is 34.8. The SMILES string of the molecule is CC[C@H](C)C(=O)OCOP(=O)(CS(=O)(=O)C[C@H]1O[C@@H](n2ccc3c(NC4CC(F)C4)c(C#N)c(Cl)nc32)[C@H](O)[C@@H]1O)OCOC(=O)[C@@H](C)CC. The number of esters is 2. The van der Waals surface area contributed by atoms with Crippen LogP contribution in [0.5, 0.6) is 0 Å². The van der Waals surface area contributed by atoms with Crippen molar-refractivity contribution < 1.29 is 60.4 Å². The minimum absolute atomic E-state index is 0.0225. The molecule has 2 aliphatic rings. The highest BCUT2D eigenvalue weighted by Crippen LogP contribution is 2.50. The van der Waals surface area contributed by atoms with Crippen molar-refractivity contribution in [1.29, 1.82) is 5.26 Å². The number of ether oxygens (including phenoxy) is 3. The molecule has 2 aromatic heterocycles. The van der Waals surface area contributed by atoms with Gasteiger partial charge in [-0.25, -0.2) is 17.8 Å². The number of halogens is 2. The van der Waals surface area contributed by atoms with Crippen molar-refractivity contribution in [3.8, 4) is 6.07 Å². The Labute approximate surface area is 293 Å². The van der Waals surface area contributed by atoms with Crippen molar-refractivity contribution >= 4 is 57.7 Å². The molecule has 3 heterocycles. The van der Waals surface area contributed by atoms with E-state index in [0.717, 1.165) is 0 Å². The number of carbonyl (C=O) groups is 2. The number of fused-ring (bicyclic) bond motifs is 1. The molecular weight excluding hydrogens is 726 g/mol. The number of pyridine rings is 1. The van der Waals surface area contributed by atoms with Crippen LogP contribution >= 0.6 is 19.2 Å². The summed E-state index contributed by atoms with van der Waals surface area (Å²) in [6.07, 6.45) is -4.58. The molecule has 1 aliphatic carbocycles. The third-order valence-electron chi connectivity index (χ3n) is 8.67. The first-order chi connectivity index (χ1) is 23.5. The van der Waals surface area contributed by atoms with Crippen LogP contribution in [0.3, 0.4) is 0 Å². The lowest BCUT2D eigenvalue weighted by atomic mass is 9.90. The van der Waals surface area contributed by atoms with E-state index in [0.29, 0.717) is 23.9 Å². The molecule has 1 aliphatic heterocycles. The van der Waals surface area contributed by atoms with Gasteiger partial charge in [-0.1, -0.05) is 39.3 Å². The first kappa shape index (κ1) is 39.9. The topological polar surface area (TPSA) is 226 Å². The number of aliphatic hydroxyl groups is 2. The van der Waals surface area contributed by atoms with Gasteiger partial charge in [-0.15, -0.1) is 0 Å². The van der Waals surface area contributed by atoms with Gasteiger partial charge in [-0.05, 0) is 31.7 Å². The molecule has 50 heavy (non-hydrogen) atoms. The molecule has 0 aromatic carbocycles. The van der Waals surface area contributed by atoms with Gasteiger partial charge in [-0.2, -0.15) is 5.26 Å². The summed E-state index contributed by atoms with van der Waals surface area (Å²) >= 11 is 6.31. The smallest absolute Gasteiger partial charge is 0.351 e. The van der Waals surface area contributed by atoms with Crippen molar-refractivity contribution in [2.75, 3.05) is 30.1 Å². The Morgan fingerprint density at radius 3 is 2.26 bits per heavy atom. The summed E-state index contributed by atoms with van der Waals surface area (Å²) < 4.78 is 81.0. The zero-order chi connectivity index (χ0) is 37.0. The van der Waals surface area contributed by atoms with Crippen molar-refractivity contribution in [3.63, 3.8) is 0 Å². The normalized spacial score (nSPS) is 25.0. The molecule has 16 nitrogen and oxygen atoms in total. The Morgan fingerprint density at radius 2 is 1.74 bits per heavy atom. The molecule has 3 N–H and O–H groups in total. The van der Waals surface area contributed by atoms with Crippen LogP contribution in [0.25, 0.3) is 11.0 Å². The number of nitriles is 1. The summed E-state index contributed by atoms with van der Waals surface area (Å²) in [5.41, 5.74) is -0.844. The summed E-state index contributed by atoms with van der Waals surface area (Å²) in [6.45, 7) is 4.81. The molecule has 1 saturated carbocycles. The highest BCUT2D eigenvalue weighted by Gasteiger charge is 2.47. The maximum absolute atomic E-state index is 13.6. The van der Waals surface area contributed by atoms with Crippen molar-refractivity contribution in [2.24, 2.45) is 11.8 Å². The van der Waals surface area contributed by atoms with Crippen molar-refractivity contribution in [1.82, 2.24) is 9.55 Å². The molecule has 0 bridgehead atoms. The second kappa shape index (κ2) is 16.6. The van der Waals surface area contributed by atoms with Crippen LogP contribution in [0.1, 0.15) is 65.2 Å². The van der Waals surface area contributed by atoms with Gasteiger partial charge < -0.3 is 34.3 Å². The molecule has 0 unspecified atom stereocenters. The van der Waals surface area contributed by atoms with Gasteiger partial charge in [0, 0.05) is 17.6 Å². The van der Waals surface area contributed by atoms with E-state index in [1.807, 2.05) is 6.07 Å². The molecule has 2 fully saturated rings. The monoisotopic (exact) mass is 766 g/mol. The van der Waals surface area contributed by atoms with Crippen LogP contribution in [0.15, 0.2) is 12.3 Å². The van der Waals surface area contributed by atoms with Gasteiger partial charge in [0.2, 0.25) is 13.6 Å². The number of nitrogens with zero attached hydrogens (tertiary/aromatic N) is 3. The highest BCUT2D eigenvalue weighted by atomic mass is 35.5. The van der Waals surface area contributed by atoms with Gasteiger partial charge in [0.15, 0.2) is 26.7 Å². The third kappa shape index (κ3) is 9.31. The zero-order valence-electron chi connectivity index (χ0n) is 27.9. The minimum Gasteiger partial charge on any atom is -0.438 e. The highest BCUT2D eigenvalue weighted by molar-refractivity contribution is 7.97. The number of rotatable bonds is 17. The molecule has 4 rings (SSSR count). The van der Waals surface area contributed by atoms with E-state index in [-0.39, 0.29) is 35.2 Å². The Bertz CT molecular complexity index is 1720. The largest absolute Gasteiger partial charge is 0.438 e. The Balaban J connectivity index is 1.51. The lowest BCUT2D eigenvalue weighted by Crippen LogP contribution is -2.36. The van der Waals surface area contributed by atoms with Crippen molar-refractivity contribution in [3.05, 3.63) is 23.0 Å². The van der Waals surface area contributed by atoms with E-state index in [1.54, 1.807) is 33.8 Å². The van der Waals surface area contributed by atoms with Gasteiger partial charge in [0.1, 0.15) is 41.8 Å². The zero-order valence-corrected chi connectivity index (χ0v) is 30.3. The average molecular weight is 767 g/mol. The number of aliphatic hydroxyl groups excluding tert-OH is 2. The van der Waals surface area contributed by atoms with E-state index < -0.39 is 96.8 Å². The van der Waals surface area contributed by atoms with E-state index in [2.05, 4.69) is 10.3 Å². The summed E-state index contributed by atoms with van der Waals surface area (Å²) in [7, 11) is -9.19. The predicted octanol–water partition coefficient (Wildman–Crippen LogP) is 3.79. The van der Waals surface area contributed by atoms with E-state index >= 15 is 0 Å². The van der Waals surface area contributed by atoms with Crippen LogP contribution in [0.4, 0.5) is 10.1 Å². The minimum atomic E-state index is -4.68. The average Bonchev–Trinajstić information content (AvgIpc) is 3.58. The maximum Gasteiger partial charge on any atom is 0.351 e. The Morgan fingerprint density at radius 1 is 1.16 bits per heavy atom. The fraction of sp³-hybridized carbons (Fsp3) is 0.667. The van der Waals surface area contributed by atoms with Crippen LogP contribution in [0, 0.1) is 23.2 Å². The summed E-state index contributed by atoms with van der Waals surface area (Å²) in [6, 6.07) is 3.27. The number of anilines is 1. The lowest BCUT2D eigenvalue weighted by molar-refractivity contribution is -0.156. The predicted molar refractivity (Wildman–Crippen MR) is 176 cm³/mol. The molecule has 20 heteroatoms. The Kier molecular flexibility index (Phi) is 13.3. The molecule has 0 radical (unpaired) electrons. The molecule has 2 aromatic rings. The lowest BCUT2D eigenvalue weighted by Gasteiger charge is -2.31. The fourth-order valence-electron chi connectivity index (χ4n) is 5.17. The number of sulfone groups is 1. The maximum atomic E-state index is 13.6. The second-order valence-corrected chi connectivity index (χ2v) is 17.3. The quantitative estimate of drug-likeness (QED) is 0.0901. The van der Waals surface area contributed by atoms with E-state index in [4.69, 9.17) is 34.9 Å². The molecule has 0 spiro atoms. The fourth-order valence-corrected chi connectivity index (χ4v) is 9.61. The van der Waals surface area contributed by atoms with Crippen LogP contribution in [0.2, 0.25) is 5.15 Å².